The Morgan fingerprint density at radius 3 is 2.67 bits per heavy atom. The number of pyridine rings is 1. The van der Waals surface area contributed by atoms with Gasteiger partial charge in [0.2, 0.25) is 11.7 Å². The van der Waals surface area contributed by atoms with Crippen molar-refractivity contribution in [2.75, 3.05) is 0 Å². The van der Waals surface area contributed by atoms with Gasteiger partial charge in [0.05, 0.1) is 0 Å². The lowest BCUT2D eigenvalue weighted by Gasteiger charge is -2.09. The fraction of sp³-hybridized carbons (Fsp3) is 0.312. The van der Waals surface area contributed by atoms with Crippen LogP contribution in [0, 0.1) is 6.92 Å². The molecule has 0 bridgehead atoms. The summed E-state index contributed by atoms with van der Waals surface area (Å²) < 4.78 is 44.1. The highest BCUT2D eigenvalue weighted by Gasteiger charge is 2.35. The van der Waals surface area contributed by atoms with Gasteiger partial charge in [0.25, 0.3) is 5.91 Å². The topological polar surface area (TPSA) is 98.7 Å². The Bertz CT molecular complexity index is 979. The molecule has 0 aliphatic heterocycles. The number of halogens is 3. The third-order valence-electron chi connectivity index (χ3n) is 3.68. The van der Waals surface area contributed by atoms with E-state index in [-0.39, 0.29) is 17.4 Å². The lowest BCUT2D eigenvalue weighted by molar-refractivity contribution is -0.141. The van der Waals surface area contributed by atoms with Gasteiger partial charge in [-0.3, -0.25) is 9.48 Å². The summed E-state index contributed by atoms with van der Waals surface area (Å²) >= 11 is 0. The molecule has 1 N–H and O–H groups in total. The predicted octanol–water partition coefficient (Wildman–Crippen LogP) is 2.68. The van der Waals surface area contributed by atoms with Crippen LogP contribution < -0.4 is 5.32 Å². The van der Waals surface area contributed by atoms with Crippen molar-refractivity contribution in [1.82, 2.24) is 30.2 Å². The maximum absolute atomic E-state index is 12.7. The van der Waals surface area contributed by atoms with Crippen LogP contribution >= 0.6 is 0 Å². The molecule has 0 radical (unpaired) electrons. The van der Waals surface area contributed by atoms with Crippen molar-refractivity contribution in [3.05, 3.63) is 47.2 Å². The Balaban J connectivity index is 1.75. The average molecular weight is 380 g/mol. The second-order valence-electron chi connectivity index (χ2n) is 5.85. The van der Waals surface area contributed by atoms with Crippen LogP contribution in [0.2, 0.25) is 0 Å². The van der Waals surface area contributed by atoms with Gasteiger partial charge in [-0.05, 0) is 26.0 Å². The molecule has 0 aromatic carbocycles. The number of carbonyl (C=O) groups excluding carboxylic acids is 1. The molecule has 27 heavy (non-hydrogen) atoms. The minimum Gasteiger partial charge on any atom is -0.339 e. The fourth-order valence-corrected chi connectivity index (χ4v) is 2.33. The highest BCUT2D eigenvalue weighted by atomic mass is 19.4. The zero-order chi connectivity index (χ0) is 19.8. The van der Waals surface area contributed by atoms with Crippen molar-refractivity contribution >= 4 is 5.91 Å². The first-order valence-corrected chi connectivity index (χ1v) is 7.85. The fourth-order valence-electron chi connectivity index (χ4n) is 2.33. The molecule has 1 unspecified atom stereocenters. The van der Waals surface area contributed by atoms with Gasteiger partial charge >= 0.3 is 6.18 Å². The normalized spacial score (nSPS) is 12.8. The molecule has 1 amide bonds. The molecule has 0 spiro atoms. The van der Waals surface area contributed by atoms with Crippen LogP contribution in [-0.4, -0.2) is 30.8 Å². The van der Waals surface area contributed by atoms with Crippen molar-refractivity contribution in [3.8, 4) is 11.5 Å². The van der Waals surface area contributed by atoms with Gasteiger partial charge in [0, 0.05) is 18.8 Å². The summed E-state index contributed by atoms with van der Waals surface area (Å²) in [5, 5.41) is 9.63. The molecule has 3 rings (SSSR count). The molecule has 3 aromatic rings. The minimum atomic E-state index is -4.63. The van der Waals surface area contributed by atoms with E-state index in [4.69, 9.17) is 4.52 Å². The molecule has 1 atom stereocenters. The molecule has 3 heterocycles. The quantitative estimate of drug-likeness (QED) is 0.747. The summed E-state index contributed by atoms with van der Waals surface area (Å²) in [7, 11) is 1.25. The Labute approximate surface area is 151 Å². The van der Waals surface area contributed by atoms with Gasteiger partial charge < -0.3 is 9.84 Å². The second kappa shape index (κ2) is 6.82. The first-order valence-electron chi connectivity index (χ1n) is 7.85. The van der Waals surface area contributed by atoms with Crippen molar-refractivity contribution in [2.45, 2.75) is 26.1 Å². The standard InChI is InChI=1S/C16H15F3N6O2/c1-8-5-4-6-10(20-8)13-22-15(27-24-13)9(2)21-14(26)11-7-12(16(17,18)19)23-25(11)3/h4-7,9H,1-3H3,(H,21,26). The number of amides is 1. The molecule has 11 heteroatoms. The largest absolute Gasteiger partial charge is 0.435 e. The van der Waals surface area contributed by atoms with Crippen LogP contribution in [0.1, 0.15) is 40.7 Å². The summed E-state index contributed by atoms with van der Waals surface area (Å²) in [6, 6.07) is 5.26. The summed E-state index contributed by atoms with van der Waals surface area (Å²) in [4.78, 5) is 20.7. The monoisotopic (exact) mass is 380 g/mol. The van der Waals surface area contributed by atoms with E-state index in [1.54, 1.807) is 19.1 Å². The third kappa shape index (κ3) is 3.96. The molecule has 0 fully saturated rings. The molecular formula is C16H15F3N6O2. The van der Waals surface area contributed by atoms with Crippen LogP contribution in [0.4, 0.5) is 13.2 Å². The van der Waals surface area contributed by atoms with Crippen molar-refractivity contribution in [3.63, 3.8) is 0 Å². The van der Waals surface area contributed by atoms with Crippen LogP contribution in [-0.2, 0) is 13.2 Å². The highest BCUT2D eigenvalue weighted by molar-refractivity contribution is 5.92. The van der Waals surface area contributed by atoms with E-state index in [0.717, 1.165) is 10.4 Å². The van der Waals surface area contributed by atoms with E-state index in [1.807, 2.05) is 13.0 Å². The molecular weight excluding hydrogens is 365 g/mol. The van der Waals surface area contributed by atoms with Gasteiger partial charge in [0.1, 0.15) is 17.4 Å². The van der Waals surface area contributed by atoms with E-state index in [2.05, 4.69) is 25.5 Å². The Morgan fingerprint density at radius 1 is 1.30 bits per heavy atom. The number of alkyl halides is 3. The van der Waals surface area contributed by atoms with Gasteiger partial charge in [-0.2, -0.15) is 23.3 Å². The Kier molecular flexibility index (Phi) is 4.68. The lowest BCUT2D eigenvalue weighted by atomic mass is 10.2. The minimum absolute atomic E-state index is 0.0971. The first-order chi connectivity index (χ1) is 12.6. The average Bonchev–Trinajstić information content (AvgIpc) is 3.21. The third-order valence-corrected chi connectivity index (χ3v) is 3.68. The highest BCUT2D eigenvalue weighted by Crippen LogP contribution is 2.28. The predicted molar refractivity (Wildman–Crippen MR) is 86.4 cm³/mol. The number of aromatic nitrogens is 5. The molecule has 0 saturated carbocycles. The van der Waals surface area contributed by atoms with Crippen molar-refractivity contribution in [2.24, 2.45) is 7.05 Å². The van der Waals surface area contributed by atoms with Gasteiger partial charge in [-0.25, -0.2) is 4.98 Å². The van der Waals surface area contributed by atoms with Gasteiger partial charge in [-0.15, -0.1) is 0 Å². The number of nitrogens with zero attached hydrogens (tertiary/aromatic N) is 5. The summed E-state index contributed by atoms with van der Waals surface area (Å²) in [5.41, 5.74) is -0.107. The van der Waals surface area contributed by atoms with Crippen LogP contribution in [0.3, 0.4) is 0 Å². The molecule has 142 valence electrons. The molecule has 0 aliphatic carbocycles. The van der Waals surface area contributed by atoms with E-state index in [0.29, 0.717) is 11.8 Å². The van der Waals surface area contributed by atoms with E-state index < -0.39 is 23.8 Å². The number of hydrogen-bond acceptors (Lipinski definition) is 6. The summed E-state index contributed by atoms with van der Waals surface area (Å²) in [6.07, 6.45) is -4.63. The zero-order valence-electron chi connectivity index (χ0n) is 14.6. The van der Waals surface area contributed by atoms with Gasteiger partial charge in [0.15, 0.2) is 5.69 Å². The van der Waals surface area contributed by atoms with Crippen LogP contribution in [0.25, 0.3) is 11.5 Å². The van der Waals surface area contributed by atoms with Gasteiger partial charge in [-0.1, -0.05) is 11.2 Å². The molecule has 8 nitrogen and oxygen atoms in total. The number of carbonyl (C=O) groups is 1. The lowest BCUT2D eigenvalue weighted by Crippen LogP contribution is -2.28. The maximum atomic E-state index is 12.7. The smallest absolute Gasteiger partial charge is 0.339 e. The molecule has 0 saturated heterocycles. The molecule has 3 aromatic heterocycles. The zero-order valence-corrected chi connectivity index (χ0v) is 14.6. The number of aryl methyl sites for hydroxylation is 2. The summed E-state index contributed by atoms with van der Waals surface area (Å²) in [5.74, 6) is -0.406. The first kappa shape index (κ1) is 18.5. The number of rotatable bonds is 4. The maximum Gasteiger partial charge on any atom is 0.435 e. The van der Waals surface area contributed by atoms with Crippen LogP contribution in [0.5, 0.6) is 0 Å². The van der Waals surface area contributed by atoms with Crippen LogP contribution in [0.15, 0.2) is 28.8 Å². The van der Waals surface area contributed by atoms with Crippen molar-refractivity contribution < 1.29 is 22.5 Å². The van der Waals surface area contributed by atoms with E-state index in [1.165, 1.54) is 7.05 Å². The van der Waals surface area contributed by atoms with E-state index >= 15 is 0 Å². The summed E-state index contributed by atoms with van der Waals surface area (Å²) in [6.45, 7) is 3.39. The van der Waals surface area contributed by atoms with E-state index in [9.17, 15) is 18.0 Å². The number of hydrogen-bond donors (Lipinski definition) is 1. The van der Waals surface area contributed by atoms with Crippen molar-refractivity contribution in [1.29, 1.82) is 0 Å². The number of nitrogens with one attached hydrogen (secondary N) is 1. The SMILES string of the molecule is Cc1cccc(-c2noc(C(C)NC(=O)c3cc(C(F)(F)F)nn3C)n2)n1. The second-order valence-corrected chi connectivity index (χ2v) is 5.85. The Hall–Kier alpha value is -3.24. The Morgan fingerprint density at radius 2 is 2.04 bits per heavy atom. The molecule has 0 aliphatic rings.